The van der Waals surface area contributed by atoms with E-state index in [1.54, 1.807) is 18.3 Å². The van der Waals surface area contributed by atoms with Crippen molar-refractivity contribution in [2.24, 2.45) is 5.73 Å². The maximum atomic E-state index is 11.2. The number of aromatic nitrogens is 4. The average molecular weight is 670 g/mol. The molecule has 10 heteroatoms. The van der Waals surface area contributed by atoms with E-state index in [2.05, 4.69) is 56.6 Å². The number of primary amides is 1. The molecule has 256 valence electrons. The van der Waals surface area contributed by atoms with Gasteiger partial charge in [-0.1, -0.05) is 68.8 Å². The molecule has 0 bridgehead atoms. The summed E-state index contributed by atoms with van der Waals surface area (Å²) in [7, 11) is 0. The highest BCUT2D eigenvalue weighted by Crippen LogP contribution is 2.33. The van der Waals surface area contributed by atoms with Crippen LogP contribution in [0.2, 0.25) is 0 Å². The fraction of sp³-hybridized carbons (Fsp3) is 0.225. The maximum absolute atomic E-state index is 11.2. The third-order valence-electron chi connectivity index (χ3n) is 8.66. The molecule has 1 saturated heterocycles. The van der Waals surface area contributed by atoms with Crippen LogP contribution in [0.4, 0.5) is 5.82 Å². The molecule has 4 heterocycles. The first-order chi connectivity index (χ1) is 24.5. The fourth-order valence-corrected chi connectivity index (χ4v) is 6.32. The fourth-order valence-electron chi connectivity index (χ4n) is 6.32. The number of carbonyl (C=O) groups excluding carboxylic acids is 2. The number of nitrogens with zero attached hydrogens (tertiary/aromatic N) is 5. The van der Waals surface area contributed by atoms with Gasteiger partial charge in [0, 0.05) is 30.5 Å². The van der Waals surface area contributed by atoms with Gasteiger partial charge in [0.25, 0.3) is 0 Å². The first kappa shape index (κ1) is 35.4. The number of amides is 1. The molecule has 0 saturated carbocycles. The number of aldehydes is 1. The highest BCUT2D eigenvalue weighted by molar-refractivity contribution is 5.84. The number of phenols is 1. The molecule has 1 amide bonds. The lowest BCUT2D eigenvalue weighted by Gasteiger charge is -2.25. The molecular formula is C40H43N7O3. The lowest BCUT2D eigenvalue weighted by atomic mass is 9.93. The zero-order valence-corrected chi connectivity index (χ0v) is 28.4. The van der Waals surface area contributed by atoms with Gasteiger partial charge in [-0.25, -0.2) is 15.0 Å². The Kier molecular flexibility index (Phi) is 12.0. The molecule has 0 spiro atoms. The second kappa shape index (κ2) is 17.0. The minimum Gasteiger partial charge on any atom is -0.507 e. The first-order valence-corrected chi connectivity index (χ1v) is 16.9. The topological polar surface area (TPSA) is 153 Å². The molecular weight excluding hydrogens is 626 g/mol. The number of fused-ring (bicyclic) bond motifs is 1. The van der Waals surface area contributed by atoms with E-state index >= 15 is 0 Å². The van der Waals surface area contributed by atoms with Crippen molar-refractivity contribution < 1.29 is 14.7 Å². The Bertz CT molecular complexity index is 2030. The lowest BCUT2D eigenvalue weighted by molar-refractivity contribution is -0.106. The summed E-state index contributed by atoms with van der Waals surface area (Å²) in [4.78, 5) is 36.6. The minimum absolute atomic E-state index is 0.0544. The largest absolute Gasteiger partial charge is 0.507 e. The molecule has 50 heavy (non-hydrogen) atoms. The van der Waals surface area contributed by atoms with E-state index in [1.165, 1.54) is 5.56 Å². The van der Waals surface area contributed by atoms with Crippen molar-refractivity contribution in [1.82, 2.24) is 24.4 Å². The molecule has 1 unspecified atom stereocenters. The van der Waals surface area contributed by atoms with E-state index in [4.69, 9.17) is 20.5 Å². The number of aromatic hydroxyl groups is 1. The van der Waals surface area contributed by atoms with Gasteiger partial charge in [-0.05, 0) is 85.0 Å². The van der Waals surface area contributed by atoms with Gasteiger partial charge in [-0.15, -0.1) is 0 Å². The van der Waals surface area contributed by atoms with Crippen LogP contribution < -0.4 is 11.5 Å². The monoisotopic (exact) mass is 669 g/mol. The van der Waals surface area contributed by atoms with Crippen LogP contribution in [-0.4, -0.2) is 55.3 Å². The second-order valence-corrected chi connectivity index (χ2v) is 11.8. The number of nitrogens with two attached hydrogens (primary N) is 2. The van der Waals surface area contributed by atoms with Crippen LogP contribution in [0.25, 0.3) is 39.5 Å². The van der Waals surface area contributed by atoms with E-state index in [-0.39, 0.29) is 12.2 Å². The summed E-state index contributed by atoms with van der Waals surface area (Å²) in [6.07, 6.45) is 5.94. The molecule has 1 aliphatic heterocycles. The van der Waals surface area contributed by atoms with Gasteiger partial charge in [-0.2, -0.15) is 0 Å². The zero-order chi connectivity index (χ0) is 35.5. The smallest absolute Gasteiger partial charge is 0.204 e. The normalized spacial score (nSPS) is 14.4. The van der Waals surface area contributed by atoms with Crippen LogP contribution in [0.5, 0.6) is 5.75 Å². The van der Waals surface area contributed by atoms with Crippen molar-refractivity contribution >= 4 is 29.7 Å². The Hall–Kier alpha value is -5.87. The van der Waals surface area contributed by atoms with Crippen LogP contribution in [-0.2, 0) is 11.3 Å². The Labute approximate surface area is 292 Å². The molecule has 7 rings (SSSR count). The Morgan fingerprint density at radius 1 is 0.900 bits per heavy atom. The number of carbonyl (C=O) groups is 2. The Balaban J connectivity index is 0.000000924. The highest BCUT2D eigenvalue weighted by atomic mass is 16.3. The zero-order valence-electron chi connectivity index (χ0n) is 28.4. The van der Waals surface area contributed by atoms with Crippen LogP contribution >= 0.6 is 0 Å². The van der Waals surface area contributed by atoms with Crippen molar-refractivity contribution in [3.05, 3.63) is 120 Å². The van der Waals surface area contributed by atoms with Gasteiger partial charge in [0.2, 0.25) is 6.41 Å². The molecule has 3 aromatic carbocycles. The number of likely N-dealkylation sites (tertiary alicyclic amines) is 1. The number of rotatable bonds is 7. The average Bonchev–Trinajstić information content (AvgIpc) is 3.37. The van der Waals surface area contributed by atoms with Gasteiger partial charge >= 0.3 is 0 Å². The summed E-state index contributed by atoms with van der Waals surface area (Å²) in [6.45, 7) is 6.72. The van der Waals surface area contributed by atoms with Crippen molar-refractivity contribution in [3.63, 3.8) is 0 Å². The second-order valence-electron chi connectivity index (χ2n) is 11.8. The third kappa shape index (κ3) is 8.04. The molecule has 3 aromatic heterocycles. The number of anilines is 1. The molecule has 5 N–H and O–H groups in total. The summed E-state index contributed by atoms with van der Waals surface area (Å²) in [5, 5.41) is 10.3. The summed E-state index contributed by atoms with van der Waals surface area (Å²) in [5.74, 6) is 1.46. The molecule has 1 atom stereocenters. The molecule has 0 radical (unpaired) electrons. The van der Waals surface area contributed by atoms with Crippen LogP contribution in [0.15, 0.2) is 103 Å². The number of imidazole rings is 1. The number of hydrogen-bond acceptors (Lipinski definition) is 8. The number of pyridine rings is 2. The first-order valence-electron chi connectivity index (χ1n) is 16.9. The Morgan fingerprint density at radius 2 is 1.66 bits per heavy atom. The lowest BCUT2D eigenvalue weighted by Crippen LogP contribution is -2.27. The Morgan fingerprint density at radius 3 is 2.36 bits per heavy atom. The van der Waals surface area contributed by atoms with Gasteiger partial charge < -0.3 is 16.6 Å². The quantitative estimate of drug-likeness (QED) is 0.152. The number of hydrogen-bond donors (Lipinski definition) is 3. The van der Waals surface area contributed by atoms with E-state index in [0.29, 0.717) is 29.4 Å². The number of phenolic OH excluding ortho intramolecular Hbond substituents is 1. The summed E-state index contributed by atoms with van der Waals surface area (Å²) < 4.78 is 2.07. The molecule has 10 nitrogen and oxygen atoms in total. The van der Waals surface area contributed by atoms with Gasteiger partial charge in [-0.3, -0.25) is 19.1 Å². The van der Waals surface area contributed by atoms with Crippen LogP contribution in [0.1, 0.15) is 60.5 Å². The van der Waals surface area contributed by atoms with Crippen molar-refractivity contribution in [3.8, 4) is 34.1 Å². The predicted molar refractivity (Wildman–Crippen MR) is 199 cm³/mol. The molecule has 1 fully saturated rings. The summed E-state index contributed by atoms with van der Waals surface area (Å²) >= 11 is 0. The van der Waals surface area contributed by atoms with Gasteiger partial charge in [0.1, 0.15) is 17.1 Å². The summed E-state index contributed by atoms with van der Waals surface area (Å²) in [5.41, 5.74) is 18.3. The molecule has 0 aliphatic carbocycles. The standard InChI is InChI=1S/C37H34N6O2.C2H6.CH3NO/c38-35-31(10-6-19-39-35)36-41-33-18-17-32(26-7-2-1-3-8-26)40-37(33)43(36)30-15-11-25(12-16-30)22-42-20-5-4-9-28(23-42)27-13-14-29(24-44)34(45)21-27;1-2;2-1-3/h1-3,6-8,10-19,21,24,28,45H,4-5,9,20,22-23H2,(H2,38,39);1-2H3;1H,(H2,2,3). The third-order valence-corrected chi connectivity index (χ3v) is 8.66. The minimum atomic E-state index is 0.0544. The maximum Gasteiger partial charge on any atom is 0.204 e. The number of benzene rings is 3. The van der Waals surface area contributed by atoms with Gasteiger partial charge in [0.05, 0.1) is 16.8 Å². The number of nitrogen functional groups attached to an aromatic ring is 1. The van der Waals surface area contributed by atoms with Crippen molar-refractivity contribution in [2.45, 2.75) is 45.6 Å². The van der Waals surface area contributed by atoms with E-state index in [9.17, 15) is 9.90 Å². The van der Waals surface area contributed by atoms with E-state index < -0.39 is 0 Å². The van der Waals surface area contributed by atoms with E-state index in [0.717, 1.165) is 78.1 Å². The highest BCUT2D eigenvalue weighted by Gasteiger charge is 2.22. The summed E-state index contributed by atoms with van der Waals surface area (Å²) in [6, 6.07) is 32.0. The van der Waals surface area contributed by atoms with Crippen LogP contribution in [0.3, 0.4) is 0 Å². The SMILES string of the molecule is CC.NC=O.Nc1ncccc1-c1nc2ccc(-c3ccccc3)nc2n1-c1ccc(CN2CCCCC(c3ccc(C=O)c(O)c3)C2)cc1. The van der Waals surface area contributed by atoms with E-state index in [1.807, 2.05) is 62.4 Å². The molecule has 6 aromatic rings. The predicted octanol–water partition coefficient (Wildman–Crippen LogP) is 7.15. The van der Waals surface area contributed by atoms with Crippen molar-refractivity contribution in [1.29, 1.82) is 0 Å². The molecule has 1 aliphatic rings. The van der Waals surface area contributed by atoms with Crippen LogP contribution in [0, 0.1) is 0 Å². The van der Waals surface area contributed by atoms with Crippen molar-refractivity contribution in [2.75, 3.05) is 18.8 Å². The van der Waals surface area contributed by atoms with Gasteiger partial charge in [0.15, 0.2) is 17.8 Å².